The summed E-state index contributed by atoms with van der Waals surface area (Å²) in [6, 6.07) is 4.10. The highest BCUT2D eigenvalue weighted by atomic mass is 16.3. The van der Waals surface area contributed by atoms with Gasteiger partial charge in [-0.2, -0.15) is 5.10 Å². The molecule has 2 aromatic rings. The lowest BCUT2D eigenvalue weighted by molar-refractivity contribution is 0.562. The van der Waals surface area contributed by atoms with E-state index in [0.717, 1.165) is 11.4 Å². The van der Waals surface area contributed by atoms with E-state index in [1.165, 1.54) is 0 Å². The van der Waals surface area contributed by atoms with Crippen LogP contribution in [0.15, 0.2) is 35.3 Å². The fourth-order valence-corrected chi connectivity index (χ4v) is 1.32. The number of hydrogen-bond acceptors (Lipinski definition) is 3. The zero-order valence-corrected chi connectivity index (χ0v) is 8.27. The molecule has 2 heterocycles. The quantitative estimate of drug-likeness (QED) is 0.808. The maximum absolute atomic E-state index is 5.01. The molecule has 0 radical (unpaired) electrons. The smallest absolute Gasteiger partial charge is 0.148 e. The number of aromatic nitrogens is 2. The highest BCUT2D eigenvalue weighted by molar-refractivity contribution is 5.35. The van der Waals surface area contributed by atoms with E-state index in [4.69, 9.17) is 4.42 Å². The van der Waals surface area contributed by atoms with Crippen LogP contribution in [-0.4, -0.2) is 9.78 Å². The highest BCUT2D eigenvalue weighted by Crippen LogP contribution is 2.17. The Labute approximate surface area is 82.5 Å². The Balaban J connectivity index is 2.05. The molecule has 4 nitrogen and oxygen atoms in total. The lowest BCUT2D eigenvalue weighted by Crippen LogP contribution is -2.06. The summed E-state index contributed by atoms with van der Waals surface area (Å²) >= 11 is 0. The molecule has 0 spiro atoms. The van der Waals surface area contributed by atoms with Gasteiger partial charge in [-0.1, -0.05) is 0 Å². The molecular formula is C10H13N3O. The van der Waals surface area contributed by atoms with Gasteiger partial charge in [-0.15, -0.1) is 0 Å². The highest BCUT2D eigenvalue weighted by Gasteiger charge is 2.07. The summed E-state index contributed by atoms with van der Waals surface area (Å²) in [7, 11) is 1.90. The second-order valence-electron chi connectivity index (χ2n) is 3.30. The Morgan fingerprint density at radius 2 is 2.36 bits per heavy atom. The van der Waals surface area contributed by atoms with Gasteiger partial charge in [0.05, 0.1) is 18.6 Å². The van der Waals surface area contributed by atoms with Crippen molar-refractivity contribution < 1.29 is 4.42 Å². The number of rotatable bonds is 3. The summed E-state index contributed by atoms with van der Waals surface area (Å²) in [5.41, 5.74) is 1.12. The minimum atomic E-state index is 0.212. The van der Waals surface area contributed by atoms with Crippen molar-refractivity contribution in [2.75, 3.05) is 5.32 Å². The largest absolute Gasteiger partial charge is 0.472 e. The van der Waals surface area contributed by atoms with E-state index >= 15 is 0 Å². The predicted molar refractivity (Wildman–Crippen MR) is 54.0 cm³/mol. The molecule has 0 saturated heterocycles. The standard InChI is InChI=1S/C10H13N3O/c1-8(9-4-6-14-7-9)11-10-3-5-13(2)12-10/h3-8H,1-2H3,(H,11,12). The van der Waals surface area contributed by atoms with E-state index in [9.17, 15) is 0 Å². The minimum absolute atomic E-state index is 0.212. The molecule has 4 heteroatoms. The molecule has 1 unspecified atom stereocenters. The van der Waals surface area contributed by atoms with Gasteiger partial charge in [0, 0.05) is 24.9 Å². The molecule has 0 aliphatic heterocycles. The van der Waals surface area contributed by atoms with Crippen molar-refractivity contribution >= 4 is 5.82 Å². The molecule has 2 rings (SSSR count). The molecule has 74 valence electrons. The molecule has 0 aromatic carbocycles. The Bertz CT molecular complexity index is 391. The summed E-state index contributed by atoms with van der Waals surface area (Å²) in [6.45, 7) is 2.07. The molecule has 0 bridgehead atoms. The molecule has 0 aliphatic rings. The molecule has 2 aromatic heterocycles. The van der Waals surface area contributed by atoms with E-state index in [1.54, 1.807) is 17.2 Å². The first-order valence-corrected chi connectivity index (χ1v) is 4.54. The van der Waals surface area contributed by atoms with Crippen molar-refractivity contribution in [2.45, 2.75) is 13.0 Å². The zero-order chi connectivity index (χ0) is 9.97. The molecule has 0 fully saturated rings. The first-order chi connectivity index (χ1) is 6.75. The molecule has 14 heavy (non-hydrogen) atoms. The average molecular weight is 191 g/mol. The van der Waals surface area contributed by atoms with Gasteiger partial charge in [-0.3, -0.25) is 4.68 Å². The van der Waals surface area contributed by atoms with Crippen LogP contribution in [0.25, 0.3) is 0 Å². The fraction of sp³-hybridized carbons (Fsp3) is 0.300. The molecule has 1 N–H and O–H groups in total. The number of nitrogens with zero attached hydrogens (tertiary/aromatic N) is 2. The predicted octanol–water partition coefficient (Wildman–Crippen LogP) is 2.19. The zero-order valence-electron chi connectivity index (χ0n) is 8.27. The van der Waals surface area contributed by atoms with E-state index in [1.807, 2.05) is 25.4 Å². The minimum Gasteiger partial charge on any atom is -0.472 e. The Morgan fingerprint density at radius 3 is 2.93 bits per heavy atom. The van der Waals surface area contributed by atoms with Crippen LogP contribution in [0.4, 0.5) is 5.82 Å². The van der Waals surface area contributed by atoms with Crippen molar-refractivity contribution in [3.05, 3.63) is 36.4 Å². The summed E-state index contributed by atoms with van der Waals surface area (Å²) in [5, 5.41) is 7.51. The second-order valence-corrected chi connectivity index (χ2v) is 3.30. The van der Waals surface area contributed by atoms with Crippen LogP contribution in [0, 0.1) is 0 Å². The number of hydrogen-bond donors (Lipinski definition) is 1. The third kappa shape index (κ3) is 1.79. The summed E-state index contributed by atoms with van der Waals surface area (Å²) in [4.78, 5) is 0. The van der Waals surface area contributed by atoms with Crippen LogP contribution in [0.3, 0.4) is 0 Å². The Kier molecular flexibility index (Phi) is 2.26. The summed E-state index contributed by atoms with van der Waals surface area (Å²) in [6.07, 6.45) is 5.32. The Hall–Kier alpha value is -1.71. The van der Waals surface area contributed by atoms with Gasteiger partial charge in [-0.25, -0.2) is 0 Å². The normalized spacial score (nSPS) is 12.7. The molecule has 0 amide bonds. The van der Waals surface area contributed by atoms with E-state index in [2.05, 4.69) is 17.3 Å². The summed E-state index contributed by atoms with van der Waals surface area (Å²) < 4.78 is 6.78. The van der Waals surface area contributed by atoms with Crippen molar-refractivity contribution in [2.24, 2.45) is 7.05 Å². The number of anilines is 1. The molecule has 0 saturated carbocycles. The van der Waals surface area contributed by atoms with Gasteiger partial charge < -0.3 is 9.73 Å². The van der Waals surface area contributed by atoms with Crippen molar-refractivity contribution in [3.8, 4) is 0 Å². The monoisotopic (exact) mass is 191 g/mol. The SMILES string of the molecule is CC(Nc1ccn(C)n1)c1ccoc1. The third-order valence-electron chi connectivity index (χ3n) is 2.12. The van der Waals surface area contributed by atoms with Gasteiger partial charge in [0.1, 0.15) is 5.82 Å². The van der Waals surface area contributed by atoms with Gasteiger partial charge in [-0.05, 0) is 13.0 Å². The van der Waals surface area contributed by atoms with E-state index < -0.39 is 0 Å². The lowest BCUT2D eigenvalue weighted by Gasteiger charge is -2.10. The molecule has 1 atom stereocenters. The first kappa shape index (κ1) is 8.87. The maximum atomic E-state index is 5.01. The van der Waals surface area contributed by atoms with Crippen molar-refractivity contribution in [1.29, 1.82) is 0 Å². The second kappa shape index (κ2) is 3.57. The number of nitrogens with one attached hydrogen (secondary N) is 1. The third-order valence-corrected chi connectivity index (χ3v) is 2.12. The molecular weight excluding hydrogens is 178 g/mol. The van der Waals surface area contributed by atoms with Gasteiger partial charge in [0.15, 0.2) is 0 Å². The van der Waals surface area contributed by atoms with E-state index in [-0.39, 0.29) is 6.04 Å². The van der Waals surface area contributed by atoms with E-state index in [0.29, 0.717) is 0 Å². The van der Waals surface area contributed by atoms with Crippen molar-refractivity contribution in [3.63, 3.8) is 0 Å². The fourth-order valence-electron chi connectivity index (χ4n) is 1.32. The summed E-state index contributed by atoms with van der Waals surface area (Å²) in [5.74, 6) is 0.876. The van der Waals surface area contributed by atoms with Crippen LogP contribution < -0.4 is 5.32 Å². The van der Waals surface area contributed by atoms with Gasteiger partial charge in [0.25, 0.3) is 0 Å². The Morgan fingerprint density at radius 1 is 1.50 bits per heavy atom. The first-order valence-electron chi connectivity index (χ1n) is 4.54. The number of furan rings is 1. The van der Waals surface area contributed by atoms with Crippen LogP contribution in [-0.2, 0) is 7.05 Å². The van der Waals surface area contributed by atoms with Gasteiger partial charge >= 0.3 is 0 Å². The number of aryl methyl sites for hydroxylation is 1. The van der Waals surface area contributed by atoms with Crippen LogP contribution in [0.2, 0.25) is 0 Å². The average Bonchev–Trinajstić information content (AvgIpc) is 2.75. The molecule has 0 aliphatic carbocycles. The van der Waals surface area contributed by atoms with Crippen LogP contribution in [0.1, 0.15) is 18.5 Å². The van der Waals surface area contributed by atoms with Gasteiger partial charge in [0.2, 0.25) is 0 Å². The van der Waals surface area contributed by atoms with Crippen LogP contribution in [0.5, 0.6) is 0 Å². The topological polar surface area (TPSA) is 43.0 Å². The maximum Gasteiger partial charge on any atom is 0.148 e. The van der Waals surface area contributed by atoms with Crippen LogP contribution >= 0.6 is 0 Å². The lowest BCUT2D eigenvalue weighted by atomic mass is 10.2. The van der Waals surface area contributed by atoms with Crippen molar-refractivity contribution in [1.82, 2.24) is 9.78 Å².